The van der Waals surface area contributed by atoms with Crippen LogP contribution in [0.3, 0.4) is 0 Å². The van der Waals surface area contributed by atoms with E-state index in [-0.39, 0.29) is 5.75 Å². The fraction of sp³-hybridized carbons (Fsp3) is 0.207. The summed E-state index contributed by atoms with van der Waals surface area (Å²) in [6.45, 7) is 1.82. The number of rotatable bonds is 7. The van der Waals surface area contributed by atoms with E-state index in [0.717, 1.165) is 46.4 Å². The first-order chi connectivity index (χ1) is 19.0. The van der Waals surface area contributed by atoms with Gasteiger partial charge in [0.15, 0.2) is 0 Å². The Morgan fingerprint density at radius 3 is 2.62 bits per heavy atom. The number of amides is 1. The number of hydrogen-bond donors (Lipinski definition) is 3. The van der Waals surface area contributed by atoms with E-state index in [0.29, 0.717) is 24.6 Å². The largest absolute Gasteiger partial charge is 0.494 e. The normalized spacial score (nSPS) is 16.3. The van der Waals surface area contributed by atoms with E-state index in [9.17, 15) is 9.18 Å². The van der Waals surface area contributed by atoms with Crippen molar-refractivity contribution >= 4 is 28.6 Å². The quantitative estimate of drug-likeness (QED) is 0.259. The predicted octanol–water partition coefficient (Wildman–Crippen LogP) is 5.67. The molecule has 0 fully saturated rings. The summed E-state index contributed by atoms with van der Waals surface area (Å²) in [5.74, 6) is 0.645. The Balaban J connectivity index is 1.25. The number of fused-ring (bicyclic) bond motifs is 3. The van der Waals surface area contributed by atoms with Gasteiger partial charge < -0.3 is 19.9 Å². The van der Waals surface area contributed by atoms with E-state index < -0.39 is 18.0 Å². The monoisotopic (exact) mass is 547 g/mol. The zero-order chi connectivity index (χ0) is 26.8. The van der Waals surface area contributed by atoms with E-state index in [2.05, 4.69) is 15.9 Å². The van der Waals surface area contributed by atoms with Crippen LogP contribution in [-0.4, -0.2) is 40.7 Å². The number of carbonyl (C=O) groups excluding carboxylic acids is 1. The van der Waals surface area contributed by atoms with Gasteiger partial charge in [-0.15, -0.1) is 5.53 Å². The first-order valence-electron chi connectivity index (χ1n) is 12.8. The minimum atomic E-state index is -0.506. The Bertz CT molecular complexity index is 1510. The van der Waals surface area contributed by atoms with Gasteiger partial charge in [-0.1, -0.05) is 23.7 Å². The molecule has 1 atom stereocenters. The molecule has 1 amide bonds. The molecule has 3 aromatic carbocycles. The molecule has 6 rings (SSSR count). The van der Waals surface area contributed by atoms with Crippen molar-refractivity contribution < 1.29 is 18.7 Å². The number of benzene rings is 3. The lowest BCUT2D eigenvalue weighted by molar-refractivity contribution is 0.135. The van der Waals surface area contributed by atoms with E-state index in [1.54, 1.807) is 4.90 Å². The molecule has 0 bridgehead atoms. The molecule has 2 aliphatic rings. The molecule has 8 nitrogen and oxygen atoms in total. The predicted molar refractivity (Wildman–Crippen MR) is 147 cm³/mol. The van der Waals surface area contributed by atoms with Gasteiger partial charge in [0.1, 0.15) is 23.4 Å². The number of nitrogens with zero attached hydrogens (tertiary/aromatic N) is 2. The van der Waals surface area contributed by atoms with E-state index in [1.807, 2.05) is 59.9 Å². The number of aromatic nitrogens is 1. The van der Waals surface area contributed by atoms with Crippen LogP contribution >= 0.6 is 11.6 Å². The molecular formula is C29H27ClFN5O3. The molecule has 1 aromatic heterocycles. The average Bonchev–Trinajstić information content (AvgIpc) is 3.60. The third-order valence-electron chi connectivity index (χ3n) is 6.90. The number of aromatic amines is 1. The molecule has 0 aliphatic carbocycles. The summed E-state index contributed by atoms with van der Waals surface area (Å²) in [5.41, 5.74) is 9.82. The number of nitrogens with one attached hydrogen (secondary N) is 3. The highest BCUT2D eigenvalue weighted by Crippen LogP contribution is 2.40. The second-order valence-electron chi connectivity index (χ2n) is 9.41. The molecule has 3 N–H and O–H groups in total. The highest BCUT2D eigenvalue weighted by molar-refractivity contribution is 6.31. The molecule has 0 spiro atoms. The van der Waals surface area contributed by atoms with Gasteiger partial charge in [-0.3, -0.25) is 9.91 Å². The van der Waals surface area contributed by atoms with Crippen molar-refractivity contribution in [2.24, 2.45) is 0 Å². The summed E-state index contributed by atoms with van der Waals surface area (Å²) in [6.07, 6.45) is 4.73. The molecule has 4 aromatic rings. The highest BCUT2D eigenvalue weighted by atomic mass is 35.5. The zero-order valence-electron chi connectivity index (χ0n) is 21.0. The maximum Gasteiger partial charge on any atom is 0.416 e. The summed E-state index contributed by atoms with van der Waals surface area (Å²) in [4.78, 5) is 18.6. The van der Waals surface area contributed by atoms with Crippen molar-refractivity contribution in [1.29, 1.82) is 0 Å². The van der Waals surface area contributed by atoms with Gasteiger partial charge in [0, 0.05) is 53.5 Å². The maximum absolute atomic E-state index is 13.4. The maximum atomic E-state index is 13.4. The number of ether oxygens (including phenoxy) is 2. The van der Waals surface area contributed by atoms with Gasteiger partial charge in [-0.25, -0.2) is 9.18 Å². The lowest BCUT2D eigenvalue weighted by Crippen LogP contribution is -2.42. The summed E-state index contributed by atoms with van der Waals surface area (Å²) < 4.78 is 25.0. The molecule has 0 saturated carbocycles. The van der Waals surface area contributed by atoms with Crippen LogP contribution in [0.2, 0.25) is 5.02 Å². The summed E-state index contributed by atoms with van der Waals surface area (Å²) in [7, 11) is 0. The van der Waals surface area contributed by atoms with Crippen molar-refractivity contribution in [3.8, 4) is 11.5 Å². The number of hydrazine groups is 2. The molecule has 1 unspecified atom stereocenters. The van der Waals surface area contributed by atoms with E-state index in [1.165, 1.54) is 24.3 Å². The van der Waals surface area contributed by atoms with Crippen LogP contribution in [0.5, 0.6) is 11.5 Å². The summed E-state index contributed by atoms with van der Waals surface area (Å²) >= 11 is 6.31. The Morgan fingerprint density at radius 1 is 1.05 bits per heavy atom. The van der Waals surface area contributed by atoms with Crippen LogP contribution in [0.25, 0.3) is 10.9 Å². The Hall–Kier alpha value is -4.21. The van der Waals surface area contributed by atoms with E-state index in [4.69, 9.17) is 21.1 Å². The molecule has 3 heterocycles. The number of halogens is 2. The number of hydrogen-bond acceptors (Lipinski definition) is 6. The lowest BCUT2D eigenvalue weighted by atomic mass is 9.92. The Morgan fingerprint density at radius 2 is 1.85 bits per heavy atom. The van der Waals surface area contributed by atoms with Crippen LogP contribution in [0, 0.1) is 5.82 Å². The van der Waals surface area contributed by atoms with Crippen LogP contribution in [0.4, 0.5) is 9.18 Å². The SMILES string of the molecule is O=C(Oc1ccc(F)cc1)N1CCc2c([nH]c3ccc(Cl)cc23)C1c1ccc(OCCCN2C=CNN2)cc1. The molecule has 2 aliphatic heterocycles. The second kappa shape index (κ2) is 10.9. The second-order valence-corrected chi connectivity index (χ2v) is 9.85. The summed E-state index contributed by atoms with van der Waals surface area (Å²) in [5, 5.41) is 3.65. The molecule has 10 heteroatoms. The van der Waals surface area contributed by atoms with Gasteiger partial charge >= 0.3 is 6.09 Å². The molecule has 0 saturated heterocycles. The van der Waals surface area contributed by atoms with Crippen molar-refractivity contribution in [3.05, 3.63) is 107 Å². The lowest BCUT2D eigenvalue weighted by Gasteiger charge is -2.35. The Kier molecular flexibility index (Phi) is 7.00. The third kappa shape index (κ3) is 5.36. The van der Waals surface area contributed by atoms with Gasteiger partial charge in [-0.2, -0.15) is 0 Å². The zero-order valence-corrected chi connectivity index (χ0v) is 21.7. The van der Waals surface area contributed by atoms with Crippen LogP contribution in [0.15, 0.2) is 79.1 Å². The third-order valence-corrected chi connectivity index (χ3v) is 7.13. The number of H-pyrrole nitrogens is 1. The standard InChI is InChI=1S/C29H27ClFN5O3/c30-20-4-11-26-25(18-20)24-12-15-36(29(37)39-23-9-5-21(31)6-10-23)28(27(24)33-26)19-2-7-22(8-3-19)38-17-1-14-35-16-13-32-34-35/h2-11,13,16,18,28,32-34H,1,12,14-15,17H2. The van der Waals surface area contributed by atoms with Crippen LogP contribution < -0.4 is 20.4 Å². The topological polar surface area (TPSA) is 81.9 Å². The molecular weight excluding hydrogens is 521 g/mol. The fourth-order valence-electron chi connectivity index (χ4n) is 5.05. The smallest absolute Gasteiger partial charge is 0.416 e. The molecule has 200 valence electrons. The van der Waals surface area contributed by atoms with Crippen molar-refractivity contribution in [1.82, 2.24) is 25.9 Å². The first-order valence-corrected chi connectivity index (χ1v) is 13.1. The number of carbonyl (C=O) groups is 1. The minimum absolute atomic E-state index is 0.286. The minimum Gasteiger partial charge on any atom is -0.494 e. The van der Waals surface area contributed by atoms with Gasteiger partial charge in [0.05, 0.1) is 6.61 Å². The first kappa shape index (κ1) is 25.1. The van der Waals surface area contributed by atoms with Crippen LogP contribution in [0.1, 0.15) is 29.3 Å². The van der Waals surface area contributed by atoms with Gasteiger partial charge in [0.2, 0.25) is 0 Å². The van der Waals surface area contributed by atoms with E-state index >= 15 is 0 Å². The molecule has 39 heavy (non-hydrogen) atoms. The van der Waals surface area contributed by atoms with Crippen LogP contribution in [-0.2, 0) is 6.42 Å². The average molecular weight is 548 g/mol. The van der Waals surface area contributed by atoms with Gasteiger partial charge in [-0.05, 0) is 72.1 Å². The highest BCUT2D eigenvalue weighted by Gasteiger charge is 2.35. The van der Waals surface area contributed by atoms with Crippen molar-refractivity contribution in [3.63, 3.8) is 0 Å². The Labute approximate surface area is 229 Å². The molecule has 0 radical (unpaired) electrons. The fourth-order valence-corrected chi connectivity index (χ4v) is 5.22. The van der Waals surface area contributed by atoms with Crippen molar-refractivity contribution in [2.75, 3.05) is 19.7 Å². The van der Waals surface area contributed by atoms with Crippen molar-refractivity contribution in [2.45, 2.75) is 18.9 Å². The van der Waals surface area contributed by atoms with Gasteiger partial charge in [0.25, 0.3) is 0 Å². The summed E-state index contributed by atoms with van der Waals surface area (Å²) in [6, 6.07) is 18.6.